The molecule has 3 heteroatoms. The number of aryl methyl sites for hydroxylation is 2. The standard InChI is InChI=1S/C13H25N3/c1-6-10(3)8-12(7-2)14-13-9-16(5)15-11(13)4/h9-10,12,14H,6-8H2,1-5H3. The monoisotopic (exact) mass is 223 g/mol. The number of nitrogens with one attached hydrogen (secondary N) is 1. The molecule has 0 aliphatic carbocycles. The van der Waals surface area contributed by atoms with Gasteiger partial charge in [-0.1, -0.05) is 27.2 Å². The molecule has 1 aromatic heterocycles. The van der Waals surface area contributed by atoms with Gasteiger partial charge in [-0.3, -0.25) is 4.68 Å². The van der Waals surface area contributed by atoms with Crippen LogP contribution >= 0.6 is 0 Å². The van der Waals surface area contributed by atoms with E-state index in [-0.39, 0.29) is 0 Å². The summed E-state index contributed by atoms with van der Waals surface area (Å²) in [5.74, 6) is 0.787. The van der Waals surface area contributed by atoms with Crippen LogP contribution in [-0.4, -0.2) is 15.8 Å². The Morgan fingerprint density at radius 2 is 2.06 bits per heavy atom. The number of aromatic nitrogens is 2. The molecule has 0 aliphatic rings. The fraction of sp³-hybridized carbons (Fsp3) is 0.769. The van der Waals surface area contributed by atoms with Crippen LogP contribution in [0.3, 0.4) is 0 Å². The van der Waals surface area contributed by atoms with Crippen LogP contribution in [0.2, 0.25) is 0 Å². The minimum absolute atomic E-state index is 0.567. The van der Waals surface area contributed by atoms with Gasteiger partial charge in [-0.05, 0) is 25.7 Å². The van der Waals surface area contributed by atoms with Crippen molar-refractivity contribution in [2.24, 2.45) is 13.0 Å². The Hall–Kier alpha value is -0.990. The molecule has 0 radical (unpaired) electrons. The summed E-state index contributed by atoms with van der Waals surface area (Å²) in [5, 5.41) is 7.95. The van der Waals surface area contributed by atoms with Gasteiger partial charge in [-0.15, -0.1) is 0 Å². The first kappa shape index (κ1) is 13.1. The van der Waals surface area contributed by atoms with E-state index in [2.05, 4.69) is 44.3 Å². The smallest absolute Gasteiger partial charge is 0.0825 e. The molecule has 0 saturated carbocycles. The number of anilines is 1. The molecule has 0 amide bonds. The van der Waals surface area contributed by atoms with E-state index >= 15 is 0 Å². The molecule has 16 heavy (non-hydrogen) atoms. The normalized spacial score (nSPS) is 14.8. The maximum Gasteiger partial charge on any atom is 0.0825 e. The average molecular weight is 223 g/mol. The predicted molar refractivity (Wildman–Crippen MR) is 69.7 cm³/mol. The van der Waals surface area contributed by atoms with Crippen molar-refractivity contribution in [3.05, 3.63) is 11.9 Å². The minimum Gasteiger partial charge on any atom is -0.380 e. The molecule has 1 aromatic rings. The Balaban J connectivity index is 2.59. The highest BCUT2D eigenvalue weighted by Gasteiger charge is 2.12. The second-order valence-corrected chi connectivity index (χ2v) is 4.80. The maximum atomic E-state index is 4.35. The quantitative estimate of drug-likeness (QED) is 0.801. The zero-order valence-corrected chi connectivity index (χ0v) is 11.2. The van der Waals surface area contributed by atoms with Gasteiger partial charge < -0.3 is 5.32 Å². The second-order valence-electron chi connectivity index (χ2n) is 4.80. The third-order valence-corrected chi connectivity index (χ3v) is 3.25. The van der Waals surface area contributed by atoms with Crippen molar-refractivity contribution in [3.8, 4) is 0 Å². The van der Waals surface area contributed by atoms with Crippen molar-refractivity contribution in [2.75, 3.05) is 5.32 Å². The summed E-state index contributed by atoms with van der Waals surface area (Å²) >= 11 is 0. The van der Waals surface area contributed by atoms with Crippen molar-refractivity contribution in [2.45, 2.75) is 53.0 Å². The molecule has 0 aliphatic heterocycles. The van der Waals surface area contributed by atoms with E-state index in [1.54, 1.807) is 0 Å². The van der Waals surface area contributed by atoms with Crippen molar-refractivity contribution in [3.63, 3.8) is 0 Å². The summed E-state index contributed by atoms with van der Waals surface area (Å²) in [6.45, 7) is 8.87. The lowest BCUT2D eigenvalue weighted by Crippen LogP contribution is -2.21. The van der Waals surface area contributed by atoms with Crippen molar-refractivity contribution < 1.29 is 0 Å². The first-order valence-corrected chi connectivity index (χ1v) is 6.33. The molecule has 3 nitrogen and oxygen atoms in total. The van der Waals surface area contributed by atoms with Gasteiger partial charge in [0.05, 0.1) is 11.4 Å². The molecule has 1 N–H and O–H groups in total. The lowest BCUT2D eigenvalue weighted by atomic mass is 9.97. The van der Waals surface area contributed by atoms with Gasteiger partial charge >= 0.3 is 0 Å². The zero-order chi connectivity index (χ0) is 12.1. The van der Waals surface area contributed by atoms with Crippen LogP contribution in [0.15, 0.2) is 6.20 Å². The summed E-state index contributed by atoms with van der Waals surface area (Å²) in [5.41, 5.74) is 2.27. The lowest BCUT2D eigenvalue weighted by Gasteiger charge is -2.20. The molecule has 1 heterocycles. The van der Waals surface area contributed by atoms with Gasteiger partial charge in [-0.2, -0.15) is 5.10 Å². The minimum atomic E-state index is 0.567. The number of hydrogen-bond acceptors (Lipinski definition) is 2. The van der Waals surface area contributed by atoms with E-state index in [1.165, 1.54) is 24.9 Å². The second kappa shape index (κ2) is 5.92. The average Bonchev–Trinajstić information content (AvgIpc) is 2.56. The van der Waals surface area contributed by atoms with E-state index in [0.717, 1.165) is 11.6 Å². The van der Waals surface area contributed by atoms with Crippen molar-refractivity contribution in [1.29, 1.82) is 0 Å². The number of hydrogen-bond donors (Lipinski definition) is 1. The van der Waals surface area contributed by atoms with Gasteiger partial charge in [0.1, 0.15) is 0 Å². The van der Waals surface area contributed by atoms with E-state index in [1.807, 2.05) is 11.7 Å². The highest BCUT2D eigenvalue weighted by atomic mass is 15.3. The fourth-order valence-electron chi connectivity index (χ4n) is 1.94. The molecule has 92 valence electrons. The van der Waals surface area contributed by atoms with Gasteiger partial charge in [0.2, 0.25) is 0 Å². The molecule has 2 atom stereocenters. The zero-order valence-electron chi connectivity index (χ0n) is 11.2. The SMILES string of the molecule is CCC(C)CC(CC)Nc1cn(C)nc1C. The van der Waals surface area contributed by atoms with Crippen molar-refractivity contribution in [1.82, 2.24) is 9.78 Å². The Morgan fingerprint density at radius 1 is 1.38 bits per heavy atom. The van der Waals surface area contributed by atoms with Crippen LogP contribution in [0, 0.1) is 12.8 Å². The molecule has 0 saturated heterocycles. The number of rotatable bonds is 6. The predicted octanol–water partition coefficient (Wildman–Crippen LogP) is 3.36. The lowest BCUT2D eigenvalue weighted by molar-refractivity contribution is 0.461. The van der Waals surface area contributed by atoms with Crippen LogP contribution in [0.25, 0.3) is 0 Å². The van der Waals surface area contributed by atoms with Crippen LogP contribution in [0.5, 0.6) is 0 Å². The maximum absolute atomic E-state index is 4.35. The third kappa shape index (κ3) is 3.54. The largest absolute Gasteiger partial charge is 0.380 e. The summed E-state index contributed by atoms with van der Waals surface area (Å²) < 4.78 is 1.87. The molecule has 0 fully saturated rings. The summed E-state index contributed by atoms with van der Waals surface area (Å²) in [6, 6.07) is 0.567. The van der Waals surface area contributed by atoms with E-state index in [0.29, 0.717) is 6.04 Å². The van der Waals surface area contributed by atoms with Crippen LogP contribution in [-0.2, 0) is 7.05 Å². The number of nitrogens with zero attached hydrogens (tertiary/aromatic N) is 2. The summed E-state index contributed by atoms with van der Waals surface area (Å²) in [7, 11) is 1.97. The molecule has 0 aromatic carbocycles. The van der Waals surface area contributed by atoms with Gasteiger partial charge in [0, 0.05) is 19.3 Å². The van der Waals surface area contributed by atoms with Crippen LogP contribution < -0.4 is 5.32 Å². The van der Waals surface area contributed by atoms with Crippen LogP contribution in [0.1, 0.15) is 45.7 Å². The van der Waals surface area contributed by atoms with Gasteiger partial charge in [-0.25, -0.2) is 0 Å². The van der Waals surface area contributed by atoms with Gasteiger partial charge in [0.25, 0.3) is 0 Å². The van der Waals surface area contributed by atoms with Crippen LogP contribution in [0.4, 0.5) is 5.69 Å². The van der Waals surface area contributed by atoms with Gasteiger partial charge in [0.15, 0.2) is 0 Å². The van der Waals surface area contributed by atoms with E-state index in [4.69, 9.17) is 0 Å². The highest BCUT2D eigenvalue weighted by molar-refractivity contribution is 5.46. The van der Waals surface area contributed by atoms with E-state index in [9.17, 15) is 0 Å². The molecular weight excluding hydrogens is 198 g/mol. The molecule has 0 spiro atoms. The summed E-state index contributed by atoms with van der Waals surface area (Å²) in [6.07, 6.45) is 5.72. The summed E-state index contributed by atoms with van der Waals surface area (Å²) in [4.78, 5) is 0. The Kier molecular flexibility index (Phi) is 4.84. The molecule has 0 bridgehead atoms. The van der Waals surface area contributed by atoms with E-state index < -0.39 is 0 Å². The first-order chi connectivity index (χ1) is 7.56. The van der Waals surface area contributed by atoms with Crippen molar-refractivity contribution >= 4 is 5.69 Å². The molecular formula is C13H25N3. The Bertz CT molecular complexity index is 317. The third-order valence-electron chi connectivity index (χ3n) is 3.25. The fourth-order valence-corrected chi connectivity index (χ4v) is 1.94. The molecule has 2 unspecified atom stereocenters. The first-order valence-electron chi connectivity index (χ1n) is 6.33. The highest BCUT2D eigenvalue weighted by Crippen LogP contribution is 2.19. The topological polar surface area (TPSA) is 29.9 Å². The Labute approximate surface area is 99.2 Å². The Morgan fingerprint density at radius 3 is 2.50 bits per heavy atom. The molecule has 1 rings (SSSR count).